The lowest BCUT2D eigenvalue weighted by Gasteiger charge is -2.16. The van der Waals surface area contributed by atoms with Crippen molar-refractivity contribution in [2.24, 2.45) is 0 Å². The summed E-state index contributed by atoms with van der Waals surface area (Å²) >= 11 is 0. The summed E-state index contributed by atoms with van der Waals surface area (Å²) in [5.74, 6) is 0.864. The Labute approximate surface area is 139 Å². The van der Waals surface area contributed by atoms with Gasteiger partial charge in [-0.25, -0.2) is 13.2 Å². The molecule has 0 bridgehead atoms. The molecule has 0 saturated heterocycles. The predicted molar refractivity (Wildman–Crippen MR) is 86.6 cm³/mol. The molecule has 1 aromatic carbocycles. The van der Waals surface area contributed by atoms with E-state index in [1.165, 1.54) is 27.2 Å². The molecule has 0 radical (unpaired) electrons. The molecule has 0 saturated carbocycles. The quantitative estimate of drug-likeness (QED) is 0.733. The van der Waals surface area contributed by atoms with Gasteiger partial charge in [-0.05, 0) is 43.7 Å². The minimum absolute atomic E-state index is 0.263. The lowest BCUT2D eigenvalue weighted by Crippen LogP contribution is -2.15. The normalized spacial score (nSPS) is 11.6. The monoisotopic (exact) mass is 339 g/mol. The van der Waals surface area contributed by atoms with Crippen LogP contribution in [0, 0.1) is 0 Å². The van der Waals surface area contributed by atoms with E-state index in [4.69, 9.17) is 9.47 Å². The van der Waals surface area contributed by atoms with Gasteiger partial charge in [-0.3, -0.25) is 4.98 Å². The summed E-state index contributed by atoms with van der Waals surface area (Å²) in [6.45, 7) is 2.36. The molecule has 1 heterocycles. The molecule has 0 atom stereocenters. The molecule has 130 valence electrons. The summed E-state index contributed by atoms with van der Waals surface area (Å²) in [6.07, 6.45) is -0.895. The minimum Gasteiger partial charge on any atom is -0.496 e. The Morgan fingerprint density at radius 3 is 2.46 bits per heavy atom. The molecule has 0 N–H and O–H groups in total. The first-order valence-corrected chi connectivity index (χ1v) is 7.52. The van der Waals surface area contributed by atoms with Crippen LogP contribution in [0.1, 0.15) is 19.4 Å². The van der Waals surface area contributed by atoms with Crippen molar-refractivity contribution in [3.05, 3.63) is 42.1 Å². The maximum atomic E-state index is 13.9. The van der Waals surface area contributed by atoms with Gasteiger partial charge in [-0.15, -0.1) is 0 Å². The van der Waals surface area contributed by atoms with Crippen molar-refractivity contribution in [2.75, 3.05) is 13.7 Å². The Bertz CT molecular complexity index is 667. The van der Waals surface area contributed by atoms with Crippen LogP contribution in [0.5, 0.6) is 11.5 Å². The van der Waals surface area contributed by atoms with E-state index in [0.717, 1.165) is 5.56 Å². The Kier molecular flexibility index (Phi) is 5.70. The second kappa shape index (κ2) is 7.55. The number of methoxy groups -OCH3 is 1. The molecule has 24 heavy (non-hydrogen) atoms. The van der Waals surface area contributed by atoms with E-state index in [1.54, 1.807) is 18.2 Å². The van der Waals surface area contributed by atoms with Gasteiger partial charge in [0.1, 0.15) is 23.8 Å². The highest BCUT2D eigenvalue weighted by atomic mass is 19.3. The molecular formula is C18H20F3NO2. The van der Waals surface area contributed by atoms with Crippen molar-refractivity contribution in [1.29, 1.82) is 0 Å². The van der Waals surface area contributed by atoms with Crippen molar-refractivity contribution in [2.45, 2.75) is 32.4 Å². The maximum Gasteiger partial charge on any atom is 0.272 e. The summed E-state index contributed by atoms with van der Waals surface area (Å²) in [5, 5.41) is 0. The highest BCUT2D eigenvalue weighted by molar-refractivity contribution is 5.68. The number of alkyl halides is 3. The van der Waals surface area contributed by atoms with Crippen LogP contribution in [0.2, 0.25) is 0 Å². The van der Waals surface area contributed by atoms with Crippen molar-refractivity contribution >= 4 is 0 Å². The minimum atomic E-state index is -2.54. The Morgan fingerprint density at radius 1 is 1.17 bits per heavy atom. The van der Waals surface area contributed by atoms with E-state index in [9.17, 15) is 13.2 Å². The van der Waals surface area contributed by atoms with E-state index in [1.807, 2.05) is 12.1 Å². The highest BCUT2D eigenvalue weighted by Gasteiger charge is 2.18. The first-order valence-electron chi connectivity index (χ1n) is 7.52. The van der Waals surface area contributed by atoms with Gasteiger partial charge in [-0.1, -0.05) is 6.07 Å². The average molecular weight is 339 g/mol. The molecule has 0 aliphatic heterocycles. The molecule has 0 spiro atoms. The van der Waals surface area contributed by atoms with Crippen molar-refractivity contribution in [3.8, 4) is 22.8 Å². The molecule has 0 aliphatic carbocycles. The average Bonchev–Trinajstić information content (AvgIpc) is 2.52. The number of ether oxygens (including phenoxy) is 2. The fourth-order valence-electron chi connectivity index (χ4n) is 2.33. The summed E-state index contributed by atoms with van der Waals surface area (Å²) in [5.41, 5.74) is 0.791. The standard InChI is InChI=1S/C18H20F3NO2/c1-18(2,21)9-12-4-7-16(23-3)14(8-12)15-6-5-13(10-22-15)24-11-17(19)20/h4-8,10,17H,9,11H2,1-3H3. The Balaban J connectivity index is 2.27. The molecule has 0 unspecified atom stereocenters. The Hall–Kier alpha value is -2.24. The van der Waals surface area contributed by atoms with Crippen LogP contribution < -0.4 is 9.47 Å². The molecule has 3 nitrogen and oxygen atoms in total. The van der Waals surface area contributed by atoms with E-state index < -0.39 is 18.7 Å². The van der Waals surface area contributed by atoms with E-state index in [2.05, 4.69) is 4.98 Å². The zero-order valence-corrected chi connectivity index (χ0v) is 13.9. The molecule has 2 aromatic rings. The first-order chi connectivity index (χ1) is 11.3. The van der Waals surface area contributed by atoms with Crippen LogP contribution in [0.4, 0.5) is 13.2 Å². The third-order valence-corrected chi connectivity index (χ3v) is 3.28. The largest absolute Gasteiger partial charge is 0.496 e. The number of aromatic nitrogens is 1. The number of halogens is 3. The highest BCUT2D eigenvalue weighted by Crippen LogP contribution is 2.31. The smallest absolute Gasteiger partial charge is 0.272 e. The summed E-state index contributed by atoms with van der Waals surface area (Å²) in [4.78, 5) is 4.23. The van der Waals surface area contributed by atoms with Gasteiger partial charge in [0.15, 0.2) is 0 Å². The second-order valence-electron chi connectivity index (χ2n) is 6.01. The van der Waals surface area contributed by atoms with Crippen molar-refractivity contribution < 1.29 is 22.6 Å². The number of rotatable bonds is 7. The SMILES string of the molecule is COc1ccc(CC(C)(C)F)cc1-c1ccc(OCC(F)F)cn1. The third-order valence-electron chi connectivity index (χ3n) is 3.28. The lowest BCUT2D eigenvalue weighted by molar-refractivity contribution is 0.0817. The summed E-state index contributed by atoms with van der Waals surface area (Å²) < 4.78 is 48.4. The van der Waals surface area contributed by atoms with Gasteiger partial charge < -0.3 is 9.47 Å². The van der Waals surface area contributed by atoms with Crippen LogP contribution >= 0.6 is 0 Å². The van der Waals surface area contributed by atoms with Crippen LogP contribution in [0.25, 0.3) is 11.3 Å². The lowest BCUT2D eigenvalue weighted by atomic mass is 9.97. The van der Waals surface area contributed by atoms with Crippen molar-refractivity contribution in [1.82, 2.24) is 4.98 Å². The Morgan fingerprint density at radius 2 is 1.92 bits per heavy atom. The summed E-state index contributed by atoms with van der Waals surface area (Å²) in [7, 11) is 1.54. The topological polar surface area (TPSA) is 31.4 Å². The second-order valence-corrected chi connectivity index (χ2v) is 6.01. The number of pyridine rings is 1. The van der Waals surface area contributed by atoms with Gasteiger partial charge in [0, 0.05) is 12.0 Å². The fraction of sp³-hybridized carbons (Fsp3) is 0.389. The van der Waals surface area contributed by atoms with Gasteiger partial charge in [-0.2, -0.15) is 0 Å². The molecule has 1 aromatic heterocycles. The van der Waals surface area contributed by atoms with Crippen LogP contribution in [0.15, 0.2) is 36.5 Å². The number of hydrogen-bond donors (Lipinski definition) is 0. The van der Waals surface area contributed by atoms with E-state index in [-0.39, 0.29) is 12.2 Å². The van der Waals surface area contributed by atoms with E-state index in [0.29, 0.717) is 17.0 Å². The molecule has 0 aliphatic rings. The van der Waals surface area contributed by atoms with Crippen LogP contribution in [-0.4, -0.2) is 30.8 Å². The van der Waals surface area contributed by atoms with Gasteiger partial charge in [0.2, 0.25) is 0 Å². The molecule has 2 rings (SSSR count). The third kappa shape index (κ3) is 5.15. The van der Waals surface area contributed by atoms with Gasteiger partial charge in [0.25, 0.3) is 6.43 Å². The summed E-state index contributed by atoms with van der Waals surface area (Å²) in [6, 6.07) is 8.62. The van der Waals surface area contributed by atoms with E-state index >= 15 is 0 Å². The van der Waals surface area contributed by atoms with Gasteiger partial charge in [0.05, 0.1) is 19.0 Å². The maximum absolute atomic E-state index is 13.9. The predicted octanol–water partition coefficient (Wildman–Crippen LogP) is 4.69. The van der Waals surface area contributed by atoms with Crippen molar-refractivity contribution in [3.63, 3.8) is 0 Å². The zero-order valence-electron chi connectivity index (χ0n) is 13.9. The fourth-order valence-corrected chi connectivity index (χ4v) is 2.33. The van der Waals surface area contributed by atoms with Gasteiger partial charge >= 0.3 is 0 Å². The number of benzene rings is 1. The number of nitrogens with zero attached hydrogens (tertiary/aromatic N) is 1. The zero-order chi connectivity index (χ0) is 17.7. The molecule has 0 amide bonds. The van der Waals surface area contributed by atoms with Crippen LogP contribution in [0.3, 0.4) is 0 Å². The molecule has 0 fully saturated rings. The number of hydrogen-bond acceptors (Lipinski definition) is 3. The first kappa shape index (κ1) is 18.1. The van der Waals surface area contributed by atoms with Crippen LogP contribution in [-0.2, 0) is 6.42 Å². The molecular weight excluding hydrogens is 319 g/mol. The molecule has 6 heteroatoms.